The summed E-state index contributed by atoms with van der Waals surface area (Å²) in [7, 11) is 0. The molecule has 2 heteroatoms. The zero-order valence-corrected chi connectivity index (χ0v) is 11.9. The molecule has 1 saturated heterocycles. The molecular weight excluding hydrogens is 220 g/mol. The van der Waals surface area contributed by atoms with Crippen LogP contribution in [-0.4, -0.2) is 30.1 Å². The van der Waals surface area contributed by atoms with Gasteiger partial charge in [-0.2, -0.15) is 0 Å². The van der Waals surface area contributed by atoms with Gasteiger partial charge in [-0.25, -0.2) is 0 Å². The summed E-state index contributed by atoms with van der Waals surface area (Å²) in [6.45, 7) is 10.2. The van der Waals surface area contributed by atoms with Gasteiger partial charge in [-0.05, 0) is 44.4 Å². The number of rotatable bonds is 3. The molecule has 0 radical (unpaired) electrons. The highest BCUT2D eigenvalue weighted by molar-refractivity contribution is 5.22. The van der Waals surface area contributed by atoms with Gasteiger partial charge in [0.05, 0.1) is 0 Å². The lowest BCUT2D eigenvalue weighted by Gasteiger charge is -2.28. The number of hydrogen-bond acceptors (Lipinski definition) is 2. The fourth-order valence-corrected chi connectivity index (χ4v) is 2.65. The van der Waals surface area contributed by atoms with Crippen molar-refractivity contribution in [3.8, 4) is 0 Å². The van der Waals surface area contributed by atoms with Crippen LogP contribution in [0.5, 0.6) is 0 Å². The maximum atomic E-state index is 3.57. The SMILES string of the molecule is CCc1ccc(CN2CC(C)NCCC2C)cc1. The van der Waals surface area contributed by atoms with Crippen LogP contribution in [0.4, 0.5) is 0 Å². The lowest BCUT2D eigenvalue weighted by molar-refractivity contribution is 0.199. The molecule has 1 aromatic carbocycles. The summed E-state index contributed by atoms with van der Waals surface area (Å²) in [5, 5.41) is 3.57. The maximum Gasteiger partial charge on any atom is 0.0237 e. The molecule has 1 fully saturated rings. The van der Waals surface area contributed by atoms with Gasteiger partial charge in [-0.15, -0.1) is 0 Å². The molecule has 0 amide bonds. The Hall–Kier alpha value is -0.860. The average Bonchev–Trinajstić information content (AvgIpc) is 2.53. The fraction of sp³-hybridized carbons (Fsp3) is 0.625. The highest BCUT2D eigenvalue weighted by Crippen LogP contribution is 2.14. The van der Waals surface area contributed by atoms with Crippen molar-refractivity contribution in [1.29, 1.82) is 0 Å². The van der Waals surface area contributed by atoms with E-state index < -0.39 is 0 Å². The van der Waals surface area contributed by atoms with Crippen LogP contribution in [0.15, 0.2) is 24.3 Å². The lowest BCUT2D eigenvalue weighted by Crippen LogP contribution is -2.37. The minimum Gasteiger partial charge on any atom is -0.313 e. The van der Waals surface area contributed by atoms with Gasteiger partial charge in [-0.1, -0.05) is 31.2 Å². The van der Waals surface area contributed by atoms with E-state index in [9.17, 15) is 0 Å². The molecule has 1 heterocycles. The van der Waals surface area contributed by atoms with Crippen molar-refractivity contribution >= 4 is 0 Å². The van der Waals surface area contributed by atoms with Crippen LogP contribution in [0.3, 0.4) is 0 Å². The average molecular weight is 246 g/mol. The monoisotopic (exact) mass is 246 g/mol. The van der Waals surface area contributed by atoms with Crippen LogP contribution >= 0.6 is 0 Å². The number of aryl methyl sites for hydroxylation is 1. The Kier molecular flexibility index (Phi) is 4.79. The topological polar surface area (TPSA) is 15.3 Å². The predicted octanol–water partition coefficient (Wildman–Crippen LogP) is 2.82. The van der Waals surface area contributed by atoms with E-state index in [2.05, 4.69) is 55.3 Å². The standard InChI is InChI=1S/C16H26N2/c1-4-15-5-7-16(8-6-15)12-18-11-13(2)17-10-9-14(18)3/h5-8,13-14,17H,4,9-12H2,1-3H3. The predicted molar refractivity (Wildman–Crippen MR) is 77.8 cm³/mol. The minimum absolute atomic E-state index is 0.602. The first-order valence-electron chi connectivity index (χ1n) is 7.24. The minimum atomic E-state index is 0.602. The van der Waals surface area contributed by atoms with Gasteiger partial charge < -0.3 is 5.32 Å². The second-order valence-corrected chi connectivity index (χ2v) is 5.59. The molecule has 1 aliphatic rings. The summed E-state index contributed by atoms with van der Waals surface area (Å²) in [5.41, 5.74) is 2.87. The lowest BCUT2D eigenvalue weighted by atomic mass is 10.1. The quantitative estimate of drug-likeness (QED) is 0.882. The summed E-state index contributed by atoms with van der Waals surface area (Å²) >= 11 is 0. The zero-order chi connectivity index (χ0) is 13.0. The Morgan fingerprint density at radius 3 is 2.50 bits per heavy atom. The summed E-state index contributed by atoms with van der Waals surface area (Å²) in [4.78, 5) is 2.60. The van der Waals surface area contributed by atoms with Crippen molar-refractivity contribution in [3.05, 3.63) is 35.4 Å². The van der Waals surface area contributed by atoms with E-state index >= 15 is 0 Å². The van der Waals surface area contributed by atoms with Crippen LogP contribution in [0, 0.1) is 0 Å². The van der Waals surface area contributed by atoms with Gasteiger partial charge in [0.25, 0.3) is 0 Å². The largest absolute Gasteiger partial charge is 0.313 e. The Morgan fingerprint density at radius 2 is 1.83 bits per heavy atom. The van der Waals surface area contributed by atoms with E-state index in [1.54, 1.807) is 0 Å². The first-order chi connectivity index (χ1) is 8.69. The van der Waals surface area contributed by atoms with Gasteiger partial charge in [0, 0.05) is 25.2 Å². The van der Waals surface area contributed by atoms with E-state index in [1.807, 2.05) is 0 Å². The second kappa shape index (κ2) is 6.35. The van der Waals surface area contributed by atoms with Crippen molar-refractivity contribution < 1.29 is 0 Å². The molecule has 1 aliphatic heterocycles. The first kappa shape index (κ1) is 13.6. The van der Waals surface area contributed by atoms with Crippen LogP contribution in [-0.2, 0) is 13.0 Å². The highest BCUT2D eigenvalue weighted by Gasteiger charge is 2.20. The van der Waals surface area contributed by atoms with E-state index in [1.165, 1.54) is 17.5 Å². The summed E-state index contributed by atoms with van der Waals surface area (Å²) < 4.78 is 0. The molecule has 0 bridgehead atoms. The van der Waals surface area contributed by atoms with Gasteiger partial charge in [-0.3, -0.25) is 4.90 Å². The molecule has 100 valence electrons. The Balaban J connectivity index is 2.01. The van der Waals surface area contributed by atoms with Gasteiger partial charge in [0.1, 0.15) is 0 Å². The molecule has 2 nitrogen and oxygen atoms in total. The van der Waals surface area contributed by atoms with Gasteiger partial charge in [0.2, 0.25) is 0 Å². The van der Waals surface area contributed by atoms with E-state index in [0.29, 0.717) is 12.1 Å². The normalized spacial score (nSPS) is 25.9. The molecule has 2 atom stereocenters. The van der Waals surface area contributed by atoms with Crippen LogP contribution in [0.1, 0.15) is 38.3 Å². The Bertz CT molecular complexity index is 358. The van der Waals surface area contributed by atoms with E-state index in [4.69, 9.17) is 0 Å². The third-order valence-electron chi connectivity index (χ3n) is 4.00. The van der Waals surface area contributed by atoms with Crippen molar-refractivity contribution in [3.63, 3.8) is 0 Å². The molecule has 0 spiro atoms. The third-order valence-corrected chi connectivity index (χ3v) is 4.00. The van der Waals surface area contributed by atoms with Crippen LogP contribution in [0.2, 0.25) is 0 Å². The van der Waals surface area contributed by atoms with Crippen molar-refractivity contribution in [2.45, 2.75) is 52.2 Å². The van der Waals surface area contributed by atoms with E-state index in [-0.39, 0.29) is 0 Å². The van der Waals surface area contributed by atoms with Crippen molar-refractivity contribution in [1.82, 2.24) is 10.2 Å². The third kappa shape index (κ3) is 3.56. The maximum absolute atomic E-state index is 3.57. The van der Waals surface area contributed by atoms with Gasteiger partial charge >= 0.3 is 0 Å². The molecule has 0 saturated carbocycles. The smallest absolute Gasteiger partial charge is 0.0237 e. The van der Waals surface area contributed by atoms with Gasteiger partial charge in [0.15, 0.2) is 0 Å². The summed E-state index contributed by atoms with van der Waals surface area (Å²) in [6, 6.07) is 10.4. The Morgan fingerprint density at radius 1 is 1.17 bits per heavy atom. The molecule has 1 N–H and O–H groups in total. The molecule has 0 aromatic heterocycles. The van der Waals surface area contributed by atoms with E-state index in [0.717, 1.165) is 26.1 Å². The fourth-order valence-electron chi connectivity index (χ4n) is 2.65. The molecular formula is C16H26N2. The number of nitrogens with one attached hydrogen (secondary N) is 1. The number of hydrogen-bond donors (Lipinski definition) is 1. The second-order valence-electron chi connectivity index (χ2n) is 5.59. The molecule has 18 heavy (non-hydrogen) atoms. The molecule has 2 rings (SSSR count). The summed E-state index contributed by atoms with van der Waals surface area (Å²) in [5.74, 6) is 0. The molecule has 0 aliphatic carbocycles. The van der Waals surface area contributed by atoms with Crippen LogP contribution < -0.4 is 5.32 Å². The highest BCUT2D eigenvalue weighted by atomic mass is 15.2. The zero-order valence-electron chi connectivity index (χ0n) is 11.9. The molecule has 1 aromatic rings. The first-order valence-corrected chi connectivity index (χ1v) is 7.24. The Labute approximate surface area is 111 Å². The van der Waals surface area contributed by atoms with Crippen molar-refractivity contribution in [2.24, 2.45) is 0 Å². The molecule has 2 unspecified atom stereocenters. The van der Waals surface area contributed by atoms with Crippen LogP contribution in [0.25, 0.3) is 0 Å². The summed E-state index contributed by atoms with van der Waals surface area (Å²) in [6.07, 6.45) is 2.37. The van der Waals surface area contributed by atoms with Crippen molar-refractivity contribution in [2.75, 3.05) is 13.1 Å². The number of nitrogens with zero attached hydrogens (tertiary/aromatic N) is 1. The number of benzene rings is 1.